The van der Waals surface area contributed by atoms with Crippen LogP contribution in [0.25, 0.3) is 0 Å². The first-order valence-electron chi connectivity index (χ1n) is 7.10. The second-order valence-electron chi connectivity index (χ2n) is 5.93. The van der Waals surface area contributed by atoms with Gasteiger partial charge in [-0.2, -0.15) is 0 Å². The first-order valence-corrected chi connectivity index (χ1v) is 7.10. The van der Waals surface area contributed by atoms with Gasteiger partial charge in [-0.1, -0.05) is 13.8 Å². The first-order chi connectivity index (χ1) is 9.54. The zero-order valence-electron chi connectivity index (χ0n) is 12.2. The lowest BCUT2D eigenvalue weighted by Gasteiger charge is -2.28. The quantitative estimate of drug-likeness (QED) is 0.828. The molecule has 5 heteroatoms. The molecule has 1 heterocycles. The molecule has 0 saturated heterocycles. The molecular formula is C15H23N3O2. The fourth-order valence-electron chi connectivity index (χ4n) is 2.25. The van der Waals surface area contributed by atoms with E-state index in [1.165, 1.54) is 0 Å². The Labute approximate surface area is 120 Å². The van der Waals surface area contributed by atoms with Gasteiger partial charge in [-0.15, -0.1) is 0 Å². The summed E-state index contributed by atoms with van der Waals surface area (Å²) in [7, 11) is 0. The lowest BCUT2D eigenvalue weighted by atomic mass is 9.85. The number of amides is 2. The Morgan fingerprint density at radius 1 is 1.45 bits per heavy atom. The molecule has 20 heavy (non-hydrogen) atoms. The highest BCUT2D eigenvalue weighted by atomic mass is 16.3. The van der Waals surface area contributed by atoms with Gasteiger partial charge in [0.2, 0.25) is 0 Å². The summed E-state index contributed by atoms with van der Waals surface area (Å²) >= 11 is 0. The summed E-state index contributed by atoms with van der Waals surface area (Å²) in [6, 6.07) is 4.17. The number of rotatable bonds is 6. The smallest absolute Gasteiger partial charge is 0.317 e. The Bertz CT molecular complexity index is 444. The summed E-state index contributed by atoms with van der Waals surface area (Å²) < 4.78 is 0. The number of carbonyl (C=O) groups is 1. The van der Waals surface area contributed by atoms with Crippen molar-refractivity contribution in [3.8, 4) is 0 Å². The van der Waals surface area contributed by atoms with E-state index in [0.717, 1.165) is 18.4 Å². The predicted octanol–water partition coefficient (Wildman–Crippen LogP) is 1.53. The van der Waals surface area contributed by atoms with E-state index < -0.39 is 0 Å². The van der Waals surface area contributed by atoms with Crippen LogP contribution in [0.15, 0.2) is 24.5 Å². The number of aromatic nitrogens is 1. The molecule has 110 valence electrons. The summed E-state index contributed by atoms with van der Waals surface area (Å²) in [6.07, 6.45) is 5.62. The Morgan fingerprint density at radius 3 is 2.65 bits per heavy atom. The zero-order chi connectivity index (χ0) is 14.6. The highest BCUT2D eigenvalue weighted by Gasteiger charge is 2.32. The van der Waals surface area contributed by atoms with Gasteiger partial charge < -0.3 is 15.3 Å². The average molecular weight is 277 g/mol. The Hall–Kier alpha value is -1.62. The molecular weight excluding hydrogens is 254 g/mol. The molecule has 1 aromatic heterocycles. The number of pyridine rings is 1. The molecule has 2 rings (SSSR count). The van der Waals surface area contributed by atoms with Crippen LogP contribution in [-0.4, -0.2) is 46.8 Å². The van der Waals surface area contributed by atoms with Gasteiger partial charge in [0.1, 0.15) is 0 Å². The third-order valence-electron chi connectivity index (χ3n) is 3.73. The topological polar surface area (TPSA) is 65.5 Å². The van der Waals surface area contributed by atoms with Gasteiger partial charge in [0.05, 0.1) is 6.61 Å². The molecule has 0 aliphatic heterocycles. The lowest BCUT2D eigenvalue weighted by Crippen LogP contribution is -2.46. The van der Waals surface area contributed by atoms with E-state index in [1.807, 2.05) is 12.1 Å². The maximum atomic E-state index is 12.2. The normalized spacial score (nSPS) is 14.9. The van der Waals surface area contributed by atoms with Gasteiger partial charge in [-0.3, -0.25) is 4.98 Å². The number of nitrogens with one attached hydrogen (secondary N) is 1. The fourth-order valence-corrected chi connectivity index (χ4v) is 2.25. The average Bonchev–Trinajstić information content (AvgIpc) is 3.28. The number of carbonyl (C=O) groups excluding carboxylic acids is 1. The van der Waals surface area contributed by atoms with Crippen molar-refractivity contribution < 1.29 is 9.90 Å². The van der Waals surface area contributed by atoms with Crippen LogP contribution in [0.1, 0.15) is 32.3 Å². The molecule has 0 unspecified atom stereocenters. The minimum Gasteiger partial charge on any atom is -0.395 e. The van der Waals surface area contributed by atoms with Crippen LogP contribution in [-0.2, 0) is 5.41 Å². The second kappa shape index (κ2) is 6.22. The molecule has 1 aromatic rings. The van der Waals surface area contributed by atoms with Crippen LogP contribution in [0.2, 0.25) is 0 Å². The Balaban J connectivity index is 1.91. The molecule has 1 saturated carbocycles. The number of hydrogen-bond donors (Lipinski definition) is 2. The number of hydrogen-bond acceptors (Lipinski definition) is 3. The van der Waals surface area contributed by atoms with Crippen molar-refractivity contribution in [2.75, 3.05) is 19.7 Å². The molecule has 2 amide bonds. The molecule has 2 N–H and O–H groups in total. The molecule has 5 nitrogen and oxygen atoms in total. The van der Waals surface area contributed by atoms with E-state index in [4.69, 9.17) is 5.11 Å². The van der Waals surface area contributed by atoms with Gasteiger partial charge in [0.15, 0.2) is 0 Å². The van der Waals surface area contributed by atoms with Gasteiger partial charge in [-0.05, 0) is 30.5 Å². The highest BCUT2D eigenvalue weighted by molar-refractivity contribution is 5.75. The second-order valence-corrected chi connectivity index (χ2v) is 5.93. The molecule has 0 radical (unpaired) electrons. The van der Waals surface area contributed by atoms with Crippen molar-refractivity contribution >= 4 is 6.03 Å². The summed E-state index contributed by atoms with van der Waals surface area (Å²) in [6.45, 7) is 5.17. The van der Waals surface area contributed by atoms with Crippen molar-refractivity contribution in [3.63, 3.8) is 0 Å². The van der Waals surface area contributed by atoms with Crippen LogP contribution in [0.5, 0.6) is 0 Å². The van der Waals surface area contributed by atoms with Gasteiger partial charge >= 0.3 is 6.03 Å². The molecule has 1 aliphatic rings. The maximum Gasteiger partial charge on any atom is 0.317 e. The van der Waals surface area contributed by atoms with E-state index in [2.05, 4.69) is 24.1 Å². The summed E-state index contributed by atoms with van der Waals surface area (Å²) in [5.74, 6) is 0. The summed E-state index contributed by atoms with van der Waals surface area (Å²) in [5, 5.41) is 12.0. The van der Waals surface area contributed by atoms with Crippen molar-refractivity contribution in [1.29, 1.82) is 0 Å². The van der Waals surface area contributed by atoms with E-state index in [0.29, 0.717) is 19.1 Å². The van der Waals surface area contributed by atoms with Crippen LogP contribution in [0, 0.1) is 0 Å². The van der Waals surface area contributed by atoms with Crippen LogP contribution in [0.3, 0.4) is 0 Å². The van der Waals surface area contributed by atoms with Gasteiger partial charge in [0.25, 0.3) is 0 Å². The third kappa shape index (κ3) is 3.70. The highest BCUT2D eigenvalue weighted by Crippen LogP contribution is 2.27. The molecule has 0 atom stereocenters. The third-order valence-corrected chi connectivity index (χ3v) is 3.73. The number of nitrogens with zero attached hydrogens (tertiary/aromatic N) is 2. The van der Waals surface area contributed by atoms with Crippen molar-refractivity contribution in [3.05, 3.63) is 30.1 Å². The molecule has 0 aromatic carbocycles. The Kier molecular flexibility index (Phi) is 4.60. The predicted molar refractivity (Wildman–Crippen MR) is 77.5 cm³/mol. The monoisotopic (exact) mass is 277 g/mol. The number of aliphatic hydroxyl groups is 1. The Morgan fingerprint density at radius 2 is 2.10 bits per heavy atom. The van der Waals surface area contributed by atoms with Crippen LogP contribution < -0.4 is 5.32 Å². The number of urea groups is 1. The molecule has 1 fully saturated rings. The van der Waals surface area contributed by atoms with Crippen molar-refractivity contribution in [1.82, 2.24) is 15.2 Å². The van der Waals surface area contributed by atoms with Crippen molar-refractivity contribution in [2.45, 2.75) is 38.1 Å². The lowest BCUT2D eigenvalue weighted by molar-refractivity contribution is 0.172. The van der Waals surface area contributed by atoms with E-state index in [1.54, 1.807) is 17.3 Å². The van der Waals surface area contributed by atoms with Crippen molar-refractivity contribution in [2.24, 2.45) is 0 Å². The van der Waals surface area contributed by atoms with Gasteiger partial charge in [0, 0.05) is 36.9 Å². The van der Waals surface area contributed by atoms with E-state index >= 15 is 0 Å². The van der Waals surface area contributed by atoms with Crippen LogP contribution >= 0.6 is 0 Å². The minimum atomic E-state index is -0.146. The number of aliphatic hydroxyl groups excluding tert-OH is 1. The summed E-state index contributed by atoms with van der Waals surface area (Å²) in [5.41, 5.74) is 1.00. The fraction of sp³-hybridized carbons (Fsp3) is 0.600. The SMILES string of the molecule is CC(C)(CNC(=O)N(CCO)C1CC1)c1ccncc1. The molecule has 0 bridgehead atoms. The first kappa shape index (κ1) is 14.8. The minimum absolute atomic E-state index is 0.0116. The van der Waals surface area contributed by atoms with Crippen LogP contribution in [0.4, 0.5) is 4.79 Å². The molecule has 0 spiro atoms. The van der Waals surface area contributed by atoms with E-state index in [9.17, 15) is 4.79 Å². The summed E-state index contributed by atoms with van der Waals surface area (Å²) in [4.78, 5) is 17.9. The largest absolute Gasteiger partial charge is 0.395 e. The maximum absolute atomic E-state index is 12.2. The standard InChI is InChI=1S/C15H23N3O2/c1-15(2,12-5-7-16-8-6-12)11-17-14(20)18(9-10-19)13-3-4-13/h5-8,13,19H,3-4,9-11H2,1-2H3,(H,17,20). The van der Waals surface area contributed by atoms with Gasteiger partial charge in [-0.25, -0.2) is 4.79 Å². The zero-order valence-corrected chi connectivity index (χ0v) is 12.2. The molecule has 1 aliphatic carbocycles. The van der Waals surface area contributed by atoms with E-state index in [-0.39, 0.29) is 18.1 Å².